The van der Waals surface area contributed by atoms with Gasteiger partial charge in [0.25, 0.3) is 0 Å². The predicted octanol–water partition coefficient (Wildman–Crippen LogP) is 2.85. The highest BCUT2D eigenvalue weighted by atomic mass is 16.6. The molecule has 2 saturated heterocycles. The fourth-order valence-electron chi connectivity index (χ4n) is 3.95. The van der Waals surface area contributed by atoms with Gasteiger partial charge in [0.05, 0.1) is 12.1 Å². The van der Waals surface area contributed by atoms with Gasteiger partial charge in [0.1, 0.15) is 12.1 Å². The molecular formula is C20H21NO3. The second-order valence-electron chi connectivity index (χ2n) is 6.52. The van der Waals surface area contributed by atoms with Crippen molar-refractivity contribution in [1.82, 2.24) is 4.90 Å². The summed E-state index contributed by atoms with van der Waals surface area (Å²) in [6, 6.07) is 19.4. The molecule has 2 fully saturated rings. The number of morpholine rings is 1. The first kappa shape index (κ1) is 15.4. The summed E-state index contributed by atoms with van der Waals surface area (Å²) in [6.07, 6.45) is 0.515. The number of fused-ring (bicyclic) bond motifs is 1. The molecule has 4 heteroatoms. The second kappa shape index (κ2) is 6.38. The van der Waals surface area contributed by atoms with Crippen LogP contribution in [0.2, 0.25) is 0 Å². The number of aliphatic hydroxyl groups is 1. The molecule has 0 radical (unpaired) electrons. The third-order valence-electron chi connectivity index (χ3n) is 5.04. The Labute approximate surface area is 141 Å². The Morgan fingerprint density at radius 1 is 0.917 bits per heavy atom. The maximum Gasteiger partial charge on any atom is 0.326 e. The summed E-state index contributed by atoms with van der Waals surface area (Å²) < 4.78 is 5.84. The summed E-state index contributed by atoms with van der Waals surface area (Å²) in [6.45, 7) is 0.791. The molecule has 0 aromatic heterocycles. The van der Waals surface area contributed by atoms with Gasteiger partial charge < -0.3 is 9.84 Å². The number of carbonyl (C=O) groups excluding carboxylic acids is 1. The molecule has 2 aliphatic rings. The number of hydrogen-bond acceptors (Lipinski definition) is 4. The van der Waals surface area contributed by atoms with Crippen LogP contribution in [-0.4, -0.2) is 34.7 Å². The SMILES string of the molecule is O=C1O[C@@H](c2ccccc2)[C@@H](c2ccccc2)N2CCC[C@@H](O)[C@H]12. The van der Waals surface area contributed by atoms with E-state index >= 15 is 0 Å². The van der Waals surface area contributed by atoms with E-state index in [4.69, 9.17) is 4.74 Å². The molecular weight excluding hydrogens is 302 g/mol. The van der Waals surface area contributed by atoms with Crippen molar-refractivity contribution in [3.63, 3.8) is 0 Å². The molecule has 0 amide bonds. The molecule has 1 N–H and O–H groups in total. The number of rotatable bonds is 2. The van der Waals surface area contributed by atoms with Crippen LogP contribution in [0.3, 0.4) is 0 Å². The van der Waals surface area contributed by atoms with Crippen LogP contribution < -0.4 is 0 Å². The van der Waals surface area contributed by atoms with Gasteiger partial charge in [-0.1, -0.05) is 60.7 Å². The van der Waals surface area contributed by atoms with E-state index in [1.807, 2.05) is 48.5 Å². The lowest BCUT2D eigenvalue weighted by Crippen LogP contribution is -2.59. The average Bonchev–Trinajstić information content (AvgIpc) is 2.63. The normalized spacial score (nSPS) is 30.5. The van der Waals surface area contributed by atoms with Gasteiger partial charge in [-0.3, -0.25) is 9.69 Å². The van der Waals surface area contributed by atoms with Crippen molar-refractivity contribution in [1.29, 1.82) is 0 Å². The summed E-state index contributed by atoms with van der Waals surface area (Å²) >= 11 is 0. The van der Waals surface area contributed by atoms with Crippen molar-refractivity contribution in [3.05, 3.63) is 71.8 Å². The van der Waals surface area contributed by atoms with Crippen LogP contribution >= 0.6 is 0 Å². The van der Waals surface area contributed by atoms with E-state index in [2.05, 4.69) is 17.0 Å². The minimum absolute atomic E-state index is 0.0775. The summed E-state index contributed by atoms with van der Waals surface area (Å²) in [4.78, 5) is 14.7. The number of benzene rings is 2. The van der Waals surface area contributed by atoms with E-state index in [1.54, 1.807) is 0 Å². The number of ether oxygens (including phenoxy) is 1. The topological polar surface area (TPSA) is 49.8 Å². The highest BCUT2D eigenvalue weighted by Gasteiger charge is 2.49. The molecule has 2 aromatic carbocycles. The lowest BCUT2D eigenvalue weighted by Gasteiger charge is -2.49. The minimum Gasteiger partial charge on any atom is -0.454 e. The lowest BCUT2D eigenvalue weighted by atomic mass is 9.87. The van der Waals surface area contributed by atoms with Crippen molar-refractivity contribution in [2.75, 3.05) is 6.54 Å². The van der Waals surface area contributed by atoms with Crippen LogP contribution in [0.1, 0.15) is 36.1 Å². The predicted molar refractivity (Wildman–Crippen MR) is 90.2 cm³/mol. The molecule has 124 valence electrons. The number of hydrogen-bond donors (Lipinski definition) is 1. The zero-order chi connectivity index (χ0) is 16.5. The Balaban J connectivity index is 1.79. The van der Waals surface area contributed by atoms with Crippen molar-refractivity contribution >= 4 is 5.97 Å². The van der Waals surface area contributed by atoms with Gasteiger partial charge in [-0.2, -0.15) is 0 Å². The molecule has 0 saturated carbocycles. The first-order valence-corrected chi connectivity index (χ1v) is 8.50. The largest absolute Gasteiger partial charge is 0.454 e. The molecule has 0 bridgehead atoms. The Hall–Kier alpha value is -2.17. The van der Waals surface area contributed by atoms with E-state index in [9.17, 15) is 9.90 Å². The monoisotopic (exact) mass is 323 g/mol. The highest BCUT2D eigenvalue weighted by Crippen LogP contribution is 2.44. The van der Waals surface area contributed by atoms with E-state index in [1.165, 1.54) is 0 Å². The van der Waals surface area contributed by atoms with E-state index in [0.29, 0.717) is 6.42 Å². The third kappa shape index (κ3) is 2.62. The molecule has 24 heavy (non-hydrogen) atoms. The van der Waals surface area contributed by atoms with E-state index in [-0.39, 0.29) is 18.1 Å². The first-order chi connectivity index (χ1) is 11.8. The Kier molecular flexibility index (Phi) is 4.08. The summed E-state index contributed by atoms with van der Waals surface area (Å²) in [5.41, 5.74) is 2.09. The fraction of sp³-hybridized carbons (Fsp3) is 0.350. The van der Waals surface area contributed by atoms with Gasteiger partial charge in [-0.25, -0.2) is 0 Å². The zero-order valence-electron chi connectivity index (χ0n) is 13.4. The quantitative estimate of drug-likeness (QED) is 0.864. The van der Waals surface area contributed by atoms with Crippen molar-refractivity contribution < 1.29 is 14.6 Å². The molecule has 2 heterocycles. The highest BCUT2D eigenvalue weighted by molar-refractivity contribution is 5.78. The van der Waals surface area contributed by atoms with Crippen LogP contribution in [0.5, 0.6) is 0 Å². The number of carbonyl (C=O) groups is 1. The van der Waals surface area contributed by atoms with Crippen LogP contribution in [0.4, 0.5) is 0 Å². The second-order valence-corrected chi connectivity index (χ2v) is 6.52. The Morgan fingerprint density at radius 3 is 2.21 bits per heavy atom. The van der Waals surface area contributed by atoms with Gasteiger partial charge in [0.15, 0.2) is 0 Å². The standard InChI is InChI=1S/C20H21NO3/c22-16-12-7-13-21-17(14-8-3-1-4-9-14)19(24-20(23)18(16)21)15-10-5-2-6-11-15/h1-6,8-11,16-19,22H,7,12-13H2/t16-,17-,18-,19+/m1/s1. The molecule has 4 nitrogen and oxygen atoms in total. The fourth-order valence-corrected chi connectivity index (χ4v) is 3.95. The van der Waals surface area contributed by atoms with Crippen molar-refractivity contribution in [3.8, 4) is 0 Å². The molecule has 4 atom stereocenters. The number of esters is 1. The van der Waals surface area contributed by atoms with Crippen LogP contribution in [-0.2, 0) is 9.53 Å². The molecule has 0 unspecified atom stereocenters. The minimum atomic E-state index is -0.658. The smallest absolute Gasteiger partial charge is 0.326 e. The number of cyclic esters (lactones) is 1. The van der Waals surface area contributed by atoms with Gasteiger partial charge >= 0.3 is 5.97 Å². The lowest BCUT2D eigenvalue weighted by molar-refractivity contribution is -0.188. The summed E-state index contributed by atoms with van der Waals surface area (Å²) in [5.74, 6) is -0.316. The van der Waals surface area contributed by atoms with Crippen LogP contribution in [0.25, 0.3) is 0 Å². The summed E-state index contributed by atoms with van der Waals surface area (Å²) in [7, 11) is 0. The zero-order valence-corrected chi connectivity index (χ0v) is 13.4. The van der Waals surface area contributed by atoms with Crippen LogP contribution in [0.15, 0.2) is 60.7 Å². The average molecular weight is 323 g/mol. The van der Waals surface area contributed by atoms with Crippen molar-refractivity contribution in [2.24, 2.45) is 0 Å². The molecule has 2 aliphatic heterocycles. The molecule has 4 rings (SSSR count). The third-order valence-corrected chi connectivity index (χ3v) is 5.04. The van der Waals surface area contributed by atoms with Crippen LogP contribution in [0, 0.1) is 0 Å². The van der Waals surface area contributed by atoms with E-state index < -0.39 is 12.1 Å². The van der Waals surface area contributed by atoms with Gasteiger partial charge in [0.2, 0.25) is 0 Å². The number of nitrogens with zero attached hydrogens (tertiary/aromatic N) is 1. The Morgan fingerprint density at radius 2 is 1.54 bits per heavy atom. The molecule has 0 spiro atoms. The van der Waals surface area contributed by atoms with E-state index in [0.717, 1.165) is 24.1 Å². The first-order valence-electron chi connectivity index (χ1n) is 8.50. The maximum absolute atomic E-state index is 12.6. The Bertz CT molecular complexity index is 703. The van der Waals surface area contributed by atoms with Gasteiger partial charge in [-0.15, -0.1) is 0 Å². The number of aliphatic hydroxyl groups excluding tert-OH is 1. The maximum atomic E-state index is 12.6. The van der Waals surface area contributed by atoms with Gasteiger partial charge in [0, 0.05) is 0 Å². The van der Waals surface area contributed by atoms with Gasteiger partial charge in [-0.05, 0) is 30.5 Å². The molecule has 0 aliphatic carbocycles. The number of piperidine rings is 1. The molecule has 2 aromatic rings. The van der Waals surface area contributed by atoms with Crippen molar-refractivity contribution in [2.45, 2.75) is 37.1 Å². The summed E-state index contributed by atoms with van der Waals surface area (Å²) in [5, 5.41) is 10.4.